The lowest BCUT2D eigenvalue weighted by Gasteiger charge is -2.23. The van der Waals surface area contributed by atoms with E-state index in [1.54, 1.807) is 11.3 Å². The van der Waals surface area contributed by atoms with Crippen LogP contribution in [-0.4, -0.2) is 17.6 Å². The highest BCUT2D eigenvalue weighted by atomic mass is 35.5. The lowest BCUT2D eigenvalue weighted by atomic mass is 10.3. The van der Waals surface area contributed by atoms with Crippen molar-refractivity contribution >= 4 is 28.8 Å². The molecule has 0 amide bonds. The van der Waals surface area contributed by atoms with Crippen molar-refractivity contribution in [3.05, 3.63) is 45.2 Å². The van der Waals surface area contributed by atoms with E-state index in [9.17, 15) is 0 Å². The highest BCUT2D eigenvalue weighted by Crippen LogP contribution is 2.33. The summed E-state index contributed by atoms with van der Waals surface area (Å²) in [5.41, 5.74) is 0.938. The van der Waals surface area contributed by atoms with E-state index < -0.39 is 0 Å². The first kappa shape index (κ1) is 14.8. The summed E-state index contributed by atoms with van der Waals surface area (Å²) in [5.74, 6) is 1.04. The van der Waals surface area contributed by atoms with Crippen LogP contribution in [0, 0.1) is 0 Å². The van der Waals surface area contributed by atoms with Gasteiger partial charge in [0.15, 0.2) is 0 Å². The van der Waals surface area contributed by atoms with Gasteiger partial charge in [-0.3, -0.25) is 0 Å². The van der Waals surface area contributed by atoms with Crippen LogP contribution in [0.15, 0.2) is 29.6 Å². The fourth-order valence-corrected chi connectivity index (χ4v) is 3.23. The van der Waals surface area contributed by atoms with Crippen LogP contribution < -0.4 is 10.2 Å². The number of hydrogen-bond donors (Lipinski definition) is 1. The largest absolute Gasteiger partial charge is 0.348 e. The summed E-state index contributed by atoms with van der Waals surface area (Å²) in [5, 5.41) is 6.17. The Bertz CT molecular complexity index is 581. The van der Waals surface area contributed by atoms with Gasteiger partial charge in [-0.2, -0.15) is 0 Å². The molecule has 0 saturated heterocycles. The monoisotopic (exact) mass is 321 g/mol. The Kier molecular flexibility index (Phi) is 4.78. The first-order valence-electron chi connectivity index (χ1n) is 7.43. The second-order valence-electron chi connectivity index (χ2n) is 5.32. The van der Waals surface area contributed by atoms with E-state index in [1.807, 2.05) is 12.1 Å². The molecule has 112 valence electrons. The van der Waals surface area contributed by atoms with Crippen molar-refractivity contribution < 1.29 is 0 Å². The Hall–Kier alpha value is -1.10. The molecule has 0 atom stereocenters. The van der Waals surface area contributed by atoms with Crippen LogP contribution in [0.25, 0.3) is 0 Å². The summed E-state index contributed by atoms with van der Waals surface area (Å²) < 4.78 is 0. The van der Waals surface area contributed by atoms with Gasteiger partial charge in [0.1, 0.15) is 5.82 Å². The number of hydrogen-bond acceptors (Lipinski definition) is 4. The number of aromatic nitrogens is 1. The molecule has 1 aliphatic carbocycles. The molecular formula is C16H20ClN3S. The molecule has 0 radical (unpaired) electrons. The van der Waals surface area contributed by atoms with Crippen molar-refractivity contribution in [1.29, 1.82) is 0 Å². The predicted molar refractivity (Wildman–Crippen MR) is 90.2 cm³/mol. The Morgan fingerprint density at radius 2 is 2.24 bits per heavy atom. The fraction of sp³-hybridized carbons (Fsp3) is 0.438. The molecule has 1 aliphatic rings. The minimum Gasteiger partial charge on any atom is -0.348 e. The first-order valence-corrected chi connectivity index (χ1v) is 8.69. The molecular weight excluding hydrogens is 302 g/mol. The summed E-state index contributed by atoms with van der Waals surface area (Å²) in [7, 11) is 0. The summed E-state index contributed by atoms with van der Waals surface area (Å²) in [6, 6.07) is 8.95. The highest BCUT2D eigenvalue weighted by Gasteiger charge is 2.30. The SMILES string of the molecule is CCNCc1nc(N(Cc2cccs2)C2CC2)ccc1Cl. The average molecular weight is 322 g/mol. The van der Waals surface area contributed by atoms with Crippen molar-refractivity contribution in [3.8, 4) is 0 Å². The molecule has 0 aliphatic heterocycles. The van der Waals surface area contributed by atoms with Gasteiger partial charge in [0.25, 0.3) is 0 Å². The van der Waals surface area contributed by atoms with Gasteiger partial charge in [0.2, 0.25) is 0 Å². The number of pyridine rings is 1. The van der Waals surface area contributed by atoms with Crippen LogP contribution in [0.5, 0.6) is 0 Å². The molecule has 0 spiro atoms. The van der Waals surface area contributed by atoms with Crippen LogP contribution in [0.4, 0.5) is 5.82 Å². The van der Waals surface area contributed by atoms with E-state index >= 15 is 0 Å². The number of nitrogens with one attached hydrogen (secondary N) is 1. The van der Waals surface area contributed by atoms with E-state index in [-0.39, 0.29) is 0 Å². The van der Waals surface area contributed by atoms with Crippen LogP contribution in [-0.2, 0) is 13.1 Å². The molecule has 3 rings (SSSR count). The van der Waals surface area contributed by atoms with E-state index in [4.69, 9.17) is 16.6 Å². The lowest BCUT2D eigenvalue weighted by Crippen LogP contribution is -2.26. The average Bonchev–Trinajstić information content (AvgIpc) is 3.21. The normalized spacial score (nSPS) is 14.4. The molecule has 3 nitrogen and oxygen atoms in total. The second-order valence-corrected chi connectivity index (χ2v) is 6.76. The molecule has 1 N–H and O–H groups in total. The summed E-state index contributed by atoms with van der Waals surface area (Å²) >= 11 is 8.06. The Labute approximate surface area is 135 Å². The van der Waals surface area contributed by atoms with E-state index in [1.165, 1.54) is 17.7 Å². The van der Waals surface area contributed by atoms with E-state index in [2.05, 4.69) is 34.7 Å². The maximum atomic E-state index is 6.26. The number of thiophene rings is 1. The van der Waals surface area contributed by atoms with E-state index in [0.29, 0.717) is 6.04 Å². The number of rotatable bonds is 7. The van der Waals surface area contributed by atoms with Crippen LogP contribution in [0.2, 0.25) is 5.02 Å². The van der Waals surface area contributed by atoms with Gasteiger partial charge in [-0.05, 0) is 43.0 Å². The zero-order chi connectivity index (χ0) is 14.7. The third-order valence-electron chi connectivity index (χ3n) is 3.63. The maximum absolute atomic E-state index is 6.26. The van der Waals surface area contributed by atoms with Crippen molar-refractivity contribution in [3.63, 3.8) is 0 Å². The van der Waals surface area contributed by atoms with Gasteiger partial charge in [-0.25, -0.2) is 4.98 Å². The molecule has 2 aromatic heterocycles. The van der Waals surface area contributed by atoms with Gasteiger partial charge in [-0.15, -0.1) is 11.3 Å². The molecule has 21 heavy (non-hydrogen) atoms. The Morgan fingerprint density at radius 1 is 1.38 bits per heavy atom. The Balaban J connectivity index is 1.81. The fourth-order valence-electron chi connectivity index (χ4n) is 2.35. The highest BCUT2D eigenvalue weighted by molar-refractivity contribution is 7.09. The molecule has 5 heteroatoms. The molecule has 1 saturated carbocycles. The van der Waals surface area contributed by atoms with Gasteiger partial charge in [0.05, 0.1) is 17.3 Å². The standard InChI is InChI=1S/C16H20ClN3S/c1-2-18-10-15-14(17)7-8-16(19-15)20(12-5-6-12)11-13-4-3-9-21-13/h3-4,7-9,12,18H,2,5-6,10-11H2,1H3. The zero-order valence-corrected chi connectivity index (χ0v) is 13.8. The van der Waals surface area contributed by atoms with Gasteiger partial charge in [0, 0.05) is 17.5 Å². The van der Waals surface area contributed by atoms with Crippen LogP contribution in [0.3, 0.4) is 0 Å². The topological polar surface area (TPSA) is 28.2 Å². The number of halogens is 1. The van der Waals surface area contributed by atoms with Crippen LogP contribution >= 0.6 is 22.9 Å². The predicted octanol–water partition coefficient (Wildman–Crippen LogP) is 4.08. The van der Waals surface area contributed by atoms with Crippen molar-refractivity contribution in [2.24, 2.45) is 0 Å². The molecule has 2 heterocycles. The zero-order valence-electron chi connectivity index (χ0n) is 12.2. The summed E-state index contributed by atoms with van der Waals surface area (Å²) in [6.07, 6.45) is 2.52. The Morgan fingerprint density at radius 3 is 2.90 bits per heavy atom. The molecule has 0 aromatic carbocycles. The number of anilines is 1. The molecule has 0 bridgehead atoms. The lowest BCUT2D eigenvalue weighted by molar-refractivity contribution is 0.704. The quantitative estimate of drug-likeness (QED) is 0.833. The van der Waals surface area contributed by atoms with Crippen molar-refractivity contribution in [2.75, 3.05) is 11.4 Å². The van der Waals surface area contributed by atoms with E-state index in [0.717, 1.165) is 36.2 Å². The first-order chi connectivity index (χ1) is 10.3. The summed E-state index contributed by atoms with van der Waals surface area (Å²) in [4.78, 5) is 8.58. The van der Waals surface area contributed by atoms with Crippen LogP contribution in [0.1, 0.15) is 30.3 Å². The maximum Gasteiger partial charge on any atom is 0.129 e. The second kappa shape index (κ2) is 6.77. The number of nitrogens with zero attached hydrogens (tertiary/aromatic N) is 2. The van der Waals surface area contributed by atoms with Gasteiger partial charge < -0.3 is 10.2 Å². The van der Waals surface area contributed by atoms with Crippen molar-refractivity contribution in [1.82, 2.24) is 10.3 Å². The summed E-state index contributed by atoms with van der Waals surface area (Å²) in [6.45, 7) is 4.67. The van der Waals surface area contributed by atoms with Crippen molar-refractivity contribution in [2.45, 2.75) is 38.9 Å². The molecule has 0 unspecified atom stereocenters. The minimum atomic E-state index is 0.632. The molecule has 1 fully saturated rings. The smallest absolute Gasteiger partial charge is 0.129 e. The molecule has 2 aromatic rings. The van der Waals surface area contributed by atoms with Gasteiger partial charge >= 0.3 is 0 Å². The third-order valence-corrected chi connectivity index (χ3v) is 4.84. The third kappa shape index (κ3) is 3.76. The minimum absolute atomic E-state index is 0.632. The van der Waals surface area contributed by atoms with Gasteiger partial charge in [-0.1, -0.05) is 24.6 Å².